The van der Waals surface area contributed by atoms with Crippen molar-refractivity contribution in [2.24, 2.45) is 5.73 Å². The molecule has 0 unspecified atom stereocenters. The molecule has 0 atom stereocenters. The molecule has 0 aromatic heterocycles. The molecule has 0 bridgehead atoms. The molecule has 30 heavy (non-hydrogen) atoms. The van der Waals surface area contributed by atoms with Gasteiger partial charge in [0.05, 0.1) is 28.3 Å². The first-order valence-corrected chi connectivity index (χ1v) is 10.6. The van der Waals surface area contributed by atoms with Crippen LogP contribution in [-0.4, -0.2) is 43.9 Å². The van der Waals surface area contributed by atoms with Crippen LogP contribution >= 0.6 is 0 Å². The average Bonchev–Trinajstić information content (AvgIpc) is 2.59. The van der Waals surface area contributed by atoms with Crippen LogP contribution in [0.3, 0.4) is 0 Å². The van der Waals surface area contributed by atoms with Crippen molar-refractivity contribution < 1.29 is 31.5 Å². The van der Waals surface area contributed by atoms with Crippen LogP contribution in [0.2, 0.25) is 0 Å². The first-order chi connectivity index (χ1) is 14.0. The predicted octanol–water partition coefficient (Wildman–Crippen LogP) is 2.05. The Kier molecular flexibility index (Phi) is 5.66. The van der Waals surface area contributed by atoms with Crippen molar-refractivity contribution in [2.75, 3.05) is 16.8 Å². The molecule has 1 saturated heterocycles. The lowest BCUT2D eigenvalue weighted by molar-refractivity contribution is -0.0498. The molecule has 1 fully saturated rings. The highest BCUT2D eigenvalue weighted by Gasteiger charge is 2.45. The molecule has 11 heteroatoms. The Hall–Kier alpha value is -3.21. The molecule has 2 amide bonds. The molecule has 2 aromatic rings. The quantitative estimate of drug-likeness (QED) is 0.606. The summed E-state index contributed by atoms with van der Waals surface area (Å²) in [6, 6.07) is 9.86. The van der Waals surface area contributed by atoms with E-state index in [-0.39, 0.29) is 34.1 Å². The van der Waals surface area contributed by atoms with Crippen molar-refractivity contribution in [3.63, 3.8) is 0 Å². The van der Waals surface area contributed by atoms with Crippen molar-refractivity contribution in [1.29, 1.82) is 0 Å². The van der Waals surface area contributed by atoms with Crippen LogP contribution in [0.1, 0.15) is 27.6 Å². The molecule has 3 rings (SSSR count). The summed E-state index contributed by atoms with van der Waals surface area (Å²) < 4.78 is 51.9. The third-order valence-corrected chi connectivity index (χ3v) is 6.53. The second kappa shape index (κ2) is 7.90. The van der Waals surface area contributed by atoms with Crippen molar-refractivity contribution in [2.45, 2.75) is 19.1 Å². The lowest BCUT2D eigenvalue weighted by atomic mass is 10.0. The summed E-state index contributed by atoms with van der Waals surface area (Å²) in [7, 11) is -3.15. The van der Waals surface area contributed by atoms with Gasteiger partial charge in [0.1, 0.15) is 5.75 Å². The third kappa shape index (κ3) is 5.03. The van der Waals surface area contributed by atoms with E-state index in [1.165, 1.54) is 36.4 Å². The van der Waals surface area contributed by atoms with Crippen LogP contribution in [0.4, 0.5) is 20.2 Å². The Balaban J connectivity index is 1.80. The van der Waals surface area contributed by atoms with E-state index in [1.54, 1.807) is 13.0 Å². The molecule has 0 spiro atoms. The molecular weight excluding hydrogens is 420 g/mol. The van der Waals surface area contributed by atoms with Crippen LogP contribution in [0.25, 0.3) is 0 Å². The number of primary amides is 1. The average molecular weight is 439 g/mol. The number of alkyl halides is 2. The first-order valence-electron chi connectivity index (χ1n) is 8.75. The maximum absolute atomic E-state index is 12.5. The highest BCUT2D eigenvalue weighted by molar-refractivity contribution is 7.93. The zero-order valence-electron chi connectivity index (χ0n) is 15.8. The van der Waals surface area contributed by atoms with Crippen LogP contribution < -0.4 is 21.1 Å². The molecule has 160 valence electrons. The van der Waals surface area contributed by atoms with E-state index >= 15 is 0 Å². The Morgan fingerprint density at radius 3 is 2.47 bits per heavy atom. The number of nitrogens with two attached hydrogens (primary N) is 1. The second-order valence-electron chi connectivity index (χ2n) is 7.20. The number of sulfone groups is 1. The summed E-state index contributed by atoms with van der Waals surface area (Å²) in [4.78, 5) is 24.4. The van der Waals surface area contributed by atoms with Crippen molar-refractivity contribution in [3.8, 4) is 5.75 Å². The minimum atomic E-state index is -3.15. The number of benzene rings is 2. The fourth-order valence-electron chi connectivity index (χ4n) is 3.25. The Labute approximate surface area is 171 Å². The van der Waals surface area contributed by atoms with Crippen LogP contribution in [0.15, 0.2) is 42.5 Å². The van der Waals surface area contributed by atoms with E-state index in [1.807, 2.05) is 0 Å². The zero-order valence-corrected chi connectivity index (χ0v) is 16.6. The van der Waals surface area contributed by atoms with Gasteiger partial charge in [-0.15, -0.1) is 0 Å². The summed E-state index contributed by atoms with van der Waals surface area (Å²) >= 11 is 0. The fraction of sp³-hybridized carbons (Fsp3) is 0.263. The molecular formula is C19H19F2N3O5S. The maximum atomic E-state index is 12.5. The van der Waals surface area contributed by atoms with Crippen LogP contribution in [0.5, 0.6) is 5.75 Å². The van der Waals surface area contributed by atoms with Crippen molar-refractivity contribution in [1.82, 2.24) is 5.32 Å². The molecule has 8 nitrogen and oxygen atoms in total. The summed E-state index contributed by atoms with van der Waals surface area (Å²) in [5.41, 5.74) is 5.28. The number of ether oxygens (including phenoxy) is 1. The number of rotatable bonds is 7. The number of nitrogens with one attached hydrogen (secondary N) is 2. The molecule has 0 aliphatic carbocycles. The van der Waals surface area contributed by atoms with Gasteiger partial charge in [0.2, 0.25) is 0 Å². The minimum absolute atomic E-state index is 0.00536. The molecule has 0 saturated carbocycles. The molecule has 2 aromatic carbocycles. The largest absolute Gasteiger partial charge is 0.435 e. The van der Waals surface area contributed by atoms with Crippen LogP contribution in [-0.2, 0) is 9.84 Å². The van der Waals surface area contributed by atoms with Gasteiger partial charge in [0.15, 0.2) is 9.84 Å². The summed E-state index contributed by atoms with van der Waals surface area (Å²) in [5.74, 6) is -1.76. The number of carbonyl (C=O) groups is 2. The normalized spacial score (nSPS) is 16.4. The number of amides is 2. The topological polar surface area (TPSA) is 128 Å². The van der Waals surface area contributed by atoms with E-state index < -0.39 is 33.8 Å². The monoisotopic (exact) mass is 439 g/mol. The van der Waals surface area contributed by atoms with Crippen molar-refractivity contribution in [3.05, 3.63) is 53.6 Å². The minimum Gasteiger partial charge on any atom is -0.435 e. The Bertz CT molecular complexity index is 1090. The van der Waals surface area contributed by atoms with Crippen LogP contribution in [0, 0.1) is 0 Å². The Morgan fingerprint density at radius 2 is 1.87 bits per heavy atom. The standard InChI is InChI=1S/C19H19F2N3O5S/c1-19(9-30(27,28)10-19)24-17(26)11-5-6-15(14(7-11)16(22)25)23-12-3-2-4-13(8-12)29-18(20)21/h2-8,18,23H,9-10H2,1H3,(H2,22,25)(H,24,26). The van der Waals surface area contributed by atoms with E-state index in [2.05, 4.69) is 15.4 Å². The van der Waals surface area contributed by atoms with E-state index in [0.29, 0.717) is 5.69 Å². The molecule has 1 heterocycles. The third-order valence-electron chi connectivity index (χ3n) is 4.38. The molecule has 0 radical (unpaired) electrons. The van der Waals surface area contributed by atoms with Gasteiger partial charge in [-0.25, -0.2) is 8.42 Å². The highest BCUT2D eigenvalue weighted by Crippen LogP contribution is 2.27. The number of halogens is 2. The predicted molar refractivity (Wildman–Crippen MR) is 106 cm³/mol. The van der Waals surface area contributed by atoms with Gasteiger partial charge >= 0.3 is 6.61 Å². The number of carbonyl (C=O) groups excluding carboxylic acids is 2. The van der Waals surface area contributed by atoms with Gasteiger partial charge in [-0.2, -0.15) is 8.78 Å². The SMILES string of the molecule is CC1(NC(=O)c2ccc(Nc3cccc(OC(F)F)c3)c(C(N)=O)c2)CS(=O)(=O)C1. The lowest BCUT2D eigenvalue weighted by Crippen LogP contribution is -2.63. The molecule has 1 aliphatic heterocycles. The van der Waals surface area contributed by atoms with E-state index in [0.717, 1.165) is 0 Å². The second-order valence-corrected chi connectivity index (χ2v) is 9.27. The Morgan fingerprint density at radius 1 is 1.17 bits per heavy atom. The van der Waals surface area contributed by atoms with Gasteiger partial charge in [-0.05, 0) is 37.3 Å². The first kappa shape index (κ1) is 21.5. The molecule has 1 aliphatic rings. The van der Waals surface area contributed by atoms with Gasteiger partial charge in [0, 0.05) is 17.3 Å². The van der Waals surface area contributed by atoms with Gasteiger partial charge < -0.3 is 21.1 Å². The van der Waals surface area contributed by atoms with Crippen molar-refractivity contribution >= 4 is 33.0 Å². The van der Waals surface area contributed by atoms with Gasteiger partial charge in [-0.3, -0.25) is 9.59 Å². The highest BCUT2D eigenvalue weighted by atomic mass is 32.2. The summed E-state index contributed by atoms with van der Waals surface area (Å²) in [6.45, 7) is -1.36. The summed E-state index contributed by atoms with van der Waals surface area (Å²) in [6.07, 6.45) is 0. The van der Waals surface area contributed by atoms with Gasteiger partial charge in [0.25, 0.3) is 11.8 Å². The van der Waals surface area contributed by atoms with E-state index in [4.69, 9.17) is 5.73 Å². The molecule has 4 N–H and O–H groups in total. The number of hydrogen-bond donors (Lipinski definition) is 3. The number of anilines is 2. The maximum Gasteiger partial charge on any atom is 0.387 e. The zero-order chi connectivity index (χ0) is 22.1. The number of hydrogen-bond acceptors (Lipinski definition) is 6. The van der Waals surface area contributed by atoms with Gasteiger partial charge in [-0.1, -0.05) is 6.07 Å². The summed E-state index contributed by atoms with van der Waals surface area (Å²) in [5, 5.41) is 5.53. The smallest absolute Gasteiger partial charge is 0.387 e. The lowest BCUT2D eigenvalue weighted by Gasteiger charge is -2.38. The van der Waals surface area contributed by atoms with E-state index in [9.17, 15) is 26.8 Å². The fourth-order valence-corrected chi connectivity index (χ4v) is 5.25.